The van der Waals surface area contributed by atoms with Gasteiger partial charge in [0.05, 0.1) is 6.61 Å². The van der Waals surface area contributed by atoms with Gasteiger partial charge in [0.25, 0.3) is 0 Å². The van der Waals surface area contributed by atoms with Crippen molar-refractivity contribution in [2.75, 3.05) is 6.61 Å². The average molecular weight is 375 g/mol. The minimum atomic E-state index is -1.54. The van der Waals surface area contributed by atoms with E-state index in [4.69, 9.17) is 13.9 Å². The minimum Gasteiger partial charge on any atom is -0.462 e. The van der Waals surface area contributed by atoms with Gasteiger partial charge in [-0.1, -0.05) is 0 Å². The maximum atomic E-state index is 11.5. The second-order valence-electron chi connectivity index (χ2n) is 6.29. The van der Waals surface area contributed by atoms with Crippen LogP contribution in [0.3, 0.4) is 0 Å². The highest BCUT2D eigenvalue weighted by Crippen LogP contribution is 2.29. The smallest absolute Gasteiger partial charge is 0.229 e. The van der Waals surface area contributed by atoms with Crippen LogP contribution in [-0.4, -0.2) is 62.7 Å². The molecule has 4 rings (SSSR count). The summed E-state index contributed by atoms with van der Waals surface area (Å²) in [4.78, 5) is 15.9. The Labute approximate surface area is 152 Å². The van der Waals surface area contributed by atoms with Crippen molar-refractivity contribution >= 4 is 11.1 Å². The van der Waals surface area contributed by atoms with E-state index >= 15 is 0 Å². The van der Waals surface area contributed by atoms with E-state index in [0.717, 1.165) is 0 Å². The summed E-state index contributed by atoms with van der Waals surface area (Å²) >= 11 is 0. The molecule has 1 aromatic rings. The molecular formula is C18H17NO8. The lowest BCUT2D eigenvalue weighted by Gasteiger charge is -2.39. The third-order valence-electron chi connectivity index (χ3n) is 4.42. The lowest BCUT2D eigenvalue weighted by molar-refractivity contribution is -0.277. The lowest BCUT2D eigenvalue weighted by Crippen LogP contribution is -2.60. The second-order valence-corrected chi connectivity index (χ2v) is 6.29. The molecule has 1 aliphatic carbocycles. The summed E-state index contributed by atoms with van der Waals surface area (Å²) in [6.07, 6.45) is -6.90. The van der Waals surface area contributed by atoms with Gasteiger partial charge in [0.2, 0.25) is 6.29 Å². The highest BCUT2D eigenvalue weighted by Gasteiger charge is 2.44. The summed E-state index contributed by atoms with van der Waals surface area (Å²) in [5, 5.41) is 38.9. The first kappa shape index (κ1) is 17.8. The molecule has 3 unspecified atom stereocenters. The number of fused-ring (bicyclic) bond motifs is 2. The highest BCUT2D eigenvalue weighted by atomic mass is 16.7. The number of aliphatic hydroxyl groups is 4. The van der Waals surface area contributed by atoms with E-state index in [1.54, 1.807) is 18.2 Å². The topological polar surface area (TPSA) is 142 Å². The monoisotopic (exact) mass is 375 g/mol. The molecule has 9 heteroatoms. The summed E-state index contributed by atoms with van der Waals surface area (Å²) in [5.41, 5.74) is 1.20. The van der Waals surface area contributed by atoms with Crippen LogP contribution in [0.1, 0.15) is 0 Å². The molecule has 0 saturated carbocycles. The molecule has 2 heterocycles. The predicted molar refractivity (Wildman–Crippen MR) is 91.3 cm³/mol. The molecule has 1 aromatic carbocycles. The van der Waals surface area contributed by atoms with E-state index in [9.17, 15) is 25.2 Å². The fraction of sp³-hybridized carbons (Fsp3) is 0.333. The molecular weight excluding hydrogens is 358 g/mol. The zero-order valence-electron chi connectivity index (χ0n) is 13.9. The molecule has 1 saturated heterocycles. The SMILES string of the molecule is O=c1ccc2nc3ccc(O[C@@H]4OC(CO)[C@@H](O)C(O)C4O)cc3oc-2c1. The standard InChI is InChI=1S/C18H17NO8/c20-7-14-15(22)16(23)17(24)18(27-14)25-9-2-4-11-13(6-9)26-12-5-8(21)1-3-10(12)19-11/h1-6,14-18,20,22-24H,7H2/t14?,15-,16?,17?,18-/m1/s1. The summed E-state index contributed by atoms with van der Waals surface area (Å²) < 4.78 is 16.6. The summed E-state index contributed by atoms with van der Waals surface area (Å²) in [5.74, 6) is 0.565. The first-order valence-electron chi connectivity index (χ1n) is 8.28. The zero-order chi connectivity index (χ0) is 19.1. The maximum absolute atomic E-state index is 11.5. The van der Waals surface area contributed by atoms with Crippen molar-refractivity contribution in [2.24, 2.45) is 0 Å². The quantitative estimate of drug-likeness (QED) is 0.444. The first-order chi connectivity index (χ1) is 13.0. The van der Waals surface area contributed by atoms with E-state index < -0.39 is 37.3 Å². The fourth-order valence-electron chi connectivity index (χ4n) is 2.96. The lowest BCUT2D eigenvalue weighted by atomic mass is 9.99. The third kappa shape index (κ3) is 3.27. The van der Waals surface area contributed by atoms with Crippen LogP contribution in [0.4, 0.5) is 0 Å². The van der Waals surface area contributed by atoms with Crippen LogP contribution in [0, 0.1) is 0 Å². The predicted octanol–water partition coefficient (Wildman–Crippen LogP) is -0.529. The number of rotatable bonds is 3. The molecule has 142 valence electrons. The van der Waals surface area contributed by atoms with Crippen molar-refractivity contribution in [3.05, 3.63) is 46.6 Å². The molecule has 3 aliphatic rings. The van der Waals surface area contributed by atoms with Gasteiger partial charge in [-0.2, -0.15) is 0 Å². The van der Waals surface area contributed by atoms with Gasteiger partial charge in [0.15, 0.2) is 16.8 Å². The molecule has 0 amide bonds. The third-order valence-corrected chi connectivity index (χ3v) is 4.42. The molecule has 27 heavy (non-hydrogen) atoms. The number of ether oxygens (including phenoxy) is 2. The number of benzene rings is 2. The van der Waals surface area contributed by atoms with Gasteiger partial charge in [-0.05, 0) is 24.3 Å². The number of hydrogen-bond acceptors (Lipinski definition) is 9. The molecule has 9 nitrogen and oxygen atoms in total. The van der Waals surface area contributed by atoms with Gasteiger partial charge >= 0.3 is 0 Å². The Kier molecular flexibility index (Phi) is 4.54. The minimum absolute atomic E-state index is 0.207. The molecule has 0 bridgehead atoms. The zero-order valence-corrected chi connectivity index (χ0v) is 13.9. The van der Waals surface area contributed by atoms with E-state index in [0.29, 0.717) is 22.6 Å². The second kappa shape index (κ2) is 6.87. The number of aromatic nitrogens is 1. The molecule has 0 aromatic heterocycles. The van der Waals surface area contributed by atoms with Gasteiger partial charge in [-0.15, -0.1) is 0 Å². The molecule has 2 aliphatic heterocycles. The normalized spacial score (nSPS) is 28.5. The molecule has 4 N–H and O–H groups in total. The number of hydrogen-bond donors (Lipinski definition) is 4. The summed E-state index contributed by atoms with van der Waals surface area (Å²) in [6.45, 7) is -0.550. The van der Waals surface area contributed by atoms with Crippen molar-refractivity contribution in [1.29, 1.82) is 0 Å². The molecule has 0 radical (unpaired) electrons. The molecule has 0 spiro atoms. The Morgan fingerprint density at radius 3 is 2.63 bits per heavy atom. The Morgan fingerprint density at radius 2 is 1.85 bits per heavy atom. The van der Waals surface area contributed by atoms with Crippen LogP contribution in [-0.2, 0) is 4.74 Å². The van der Waals surface area contributed by atoms with E-state index in [1.807, 2.05) is 0 Å². The Hall–Kier alpha value is -2.56. The maximum Gasteiger partial charge on any atom is 0.229 e. The van der Waals surface area contributed by atoms with Crippen molar-refractivity contribution < 1.29 is 34.3 Å². The Balaban J connectivity index is 1.65. The molecule has 1 fully saturated rings. The van der Waals surface area contributed by atoms with Gasteiger partial charge in [-0.3, -0.25) is 4.79 Å². The van der Waals surface area contributed by atoms with Gasteiger partial charge < -0.3 is 34.3 Å². The number of aliphatic hydroxyl groups excluding tert-OH is 4. The van der Waals surface area contributed by atoms with Crippen molar-refractivity contribution in [2.45, 2.75) is 30.7 Å². The number of nitrogens with zero attached hydrogens (tertiary/aromatic N) is 1. The van der Waals surface area contributed by atoms with Crippen LogP contribution >= 0.6 is 0 Å². The molecule has 5 atom stereocenters. The van der Waals surface area contributed by atoms with Crippen LogP contribution in [0.5, 0.6) is 5.75 Å². The van der Waals surface area contributed by atoms with Crippen molar-refractivity contribution in [1.82, 2.24) is 4.98 Å². The fourth-order valence-corrected chi connectivity index (χ4v) is 2.96. The van der Waals surface area contributed by atoms with Gasteiger partial charge in [-0.25, -0.2) is 4.98 Å². The van der Waals surface area contributed by atoms with Crippen LogP contribution in [0.2, 0.25) is 0 Å². The highest BCUT2D eigenvalue weighted by molar-refractivity contribution is 5.77. The van der Waals surface area contributed by atoms with Crippen LogP contribution < -0.4 is 10.2 Å². The Bertz CT molecular complexity index is 987. The van der Waals surface area contributed by atoms with Crippen molar-refractivity contribution in [3.8, 4) is 17.2 Å². The average Bonchev–Trinajstić information content (AvgIpc) is 2.66. The van der Waals surface area contributed by atoms with E-state index in [1.165, 1.54) is 18.2 Å². The van der Waals surface area contributed by atoms with E-state index in [2.05, 4.69) is 4.98 Å². The van der Waals surface area contributed by atoms with Gasteiger partial charge in [0, 0.05) is 12.1 Å². The van der Waals surface area contributed by atoms with Crippen LogP contribution in [0.25, 0.3) is 22.6 Å². The Morgan fingerprint density at radius 1 is 1.04 bits per heavy atom. The van der Waals surface area contributed by atoms with E-state index in [-0.39, 0.29) is 11.2 Å². The van der Waals surface area contributed by atoms with Gasteiger partial charge in [0.1, 0.15) is 41.4 Å². The first-order valence-corrected chi connectivity index (χ1v) is 8.28. The van der Waals surface area contributed by atoms with Crippen molar-refractivity contribution in [3.63, 3.8) is 0 Å². The largest absolute Gasteiger partial charge is 0.462 e. The summed E-state index contributed by atoms with van der Waals surface area (Å²) in [6, 6.07) is 8.99. The van der Waals surface area contributed by atoms with Crippen LogP contribution in [0.15, 0.2) is 45.6 Å². The summed E-state index contributed by atoms with van der Waals surface area (Å²) in [7, 11) is 0.